The molecular formula is C31H60N6O10Si. The fourth-order valence-electron chi connectivity index (χ4n) is 4.80. The predicted octanol–water partition coefficient (Wildman–Crippen LogP) is 3.38. The van der Waals surface area contributed by atoms with Gasteiger partial charge in [0.25, 0.3) is 0 Å². The number of carbonyl (C=O) groups excluding carboxylic acids is 6. The van der Waals surface area contributed by atoms with Gasteiger partial charge in [0.05, 0.1) is 36.5 Å². The topological polar surface area (TPSA) is 212 Å². The van der Waals surface area contributed by atoms with Crippen molar-refractivity contribution in [3.05, 3.63) is 0 Å². The van der Waals surface area contributed by atoms with Gasteiger partial charge in [-0.15, -0.1) is 0 Å². The summed E-state index contributed by atoms with van der Waals surface area (Å²) in [6.07, 6.45) is 4.45. The summed E-state index contributed by atoms with van der Waals surface area (Å²) in [7, 11) is 3.28. The zero-order chi connectivity index (χ0) is 36.6. The number of methoxy groups -OCH3 is 4. The maximum Gasteiger partial charge on any atom is 0.407 e. The number of nitrogens with one attached hydrogen (secondary N) is 6. The predicted molar refractivity (Wildman–Crippen MR) is 183 cm³/mol. The summed E-state index contributed by atoms with van der Waals surface area (Å²) in [5, 5.41) is 16.5. The third-order valence-corrected chi connectivity index (χ3v) is 14.2. The summed E-state index contributed by atoms with van der Waals surface area (Å²) in [6.45, 7) is 11.3. The molecule has 16 nitrogen and oxygen atoms in total. The molecule has 17 heteroatoms. The molecule has 0 radical (unpaired) electrons. The molecule has 0 aliphatic heterocycles. The second-order valence-electron chi connectivity index (χ2n) is 12.8. The smallest absolute Gasteiger partial charge is 0.407 e. The SMILES string of the molecule is COC(=O)NC(CCCCNC(=O)NCCCC(C)(C)[Si](C)(C)CCCNC(=O)NCCCCC(NC(=O)OC)C(=O)OC)C(=O)OC. The molecule has 0 aromatic rings. The number of rotatable bonds is 23. The first-order valence-electron chi connectivity index (χ1n) is 16.5. The second-order valence-corrected chi connectivity index (χ2v) is 18.4. The van der Waals surface area contributed by atoms with E-state index >= 15 is 0 Å². The van der Waals surface area contributed by atoms with Crippen LogP contribution in [0, 0.1) is 0 Å². The van der Waals surface area contributed by atoms with E-state index in [1.54, 1.807) is 0 Å². The minimum atomic E-state index is -1.66. The lowest BCUT2D eigenvalue weighted by atomic mass is 10.1. The summed E-state index contributed by atoms with van der Waals surface area (Å²) >= 11 is 0. The molecule has 0 fully saturated rings. The summed E-state index contributed by atoms with van der Waals surface area (Å²) in [5.41, 5.74) is 0. The average Bonchev–Trinajstić information content (AvgIpc) is 3.05. The third kappa shape index (κ3) is 19.2. The van der Waals surface area contributed by atoms with Crippen molar-refractivity contribution in [1.29, 1.82) is 0 Å². The molecule has 0 aliphatic carbocycles. The number of amides is 6. The van der Waals surface area contributed by atoms with Crippen molar-refractivity contribution in [2.24, 2.45) is 0 Å². The van der Waals surface area contributed by atoms with Crippen LogP contribution in [0.4, 0.5) is 19.2 Å². The zero-order valence-electron chi connectivity index (χ0n) is 30.1. The average molecular weight is 705 g/mol. The third-order valence-electron chi connectivity index (χ3n) is 8.70. The fraction of sp³-hybridized carbons (Fsp3) is 0.806. The van der Waals surface area contributed by atoms with Gasteiger partial charge in [0.2, 0.25) is 0 Å². The van der Waals surface area contributed by atoms with Crippen LogP contribution in [0.2, 0.25) is 24.2 Å². The van der Waals surface area contributed by atoms with Crippen LogP contribution in [0.5, 0.6) is 0 Å². The van der Waals surface area contributed by atoms with Crippen LogP contribution in [0.1, 0.15) is 71.6 Å². The monoisotopic (exact) mass is 704 g/mol. The molecule has 0 saturated heterocycles. The van der Waals surface area contributed by atoms with E-state index in [9.17, 15) is 28.8 Å². The van der Waals surface area contributed by atoms with Crippen molar-refractivity contribution in [2.45, 2.75) is 108 Å². The molecule has 48 heavy (non-hydrogen) atoms. The molecule has 0 saturated carbocycles. The van der Waals surface area contributed by atoms with Crippen molar-refractivity contribution < 1.29 is 47.7 Å². The number of hydrogen-bond donors (Lipinski definition) is 6. The Morgan fingerprint density at radius 1 is 0.562 bits per heavy atom. The number of unbranched alkanes of at least 4 members (excludes halogenated alkanes) is 2. The Balaban J connectivity index is 4.20. The van der Waals surface area contributed by atoms with E-state index in [0.717, 1.165) is 25.3 Å². The van der Waals surface area contributed by atoms with E-state index in [0.29, 0.717) is 64.7 Å². The molecule has 0 heterocycles. The quantitative estimate of drug-likeness (QED) is 0.0395. The zero-order valence-corrected chi connectivity index (χ0v) is 31.1. The van der Waals surface area contributed by atoms with Gasteiger partial charge in [0.1, 0.15) is 12.1 Å². The van der Waals surface area contributed by atoms with Gasteiger partial charge < -0.3 is 50.8 Å². The largest absolute Gasteiger partial charge is 0.467 e. The van der Waals surface area contributed by atoms with Crippen LogP contribution < -0.4 is 31.9 Å². The number of carbonyl (C=O) groups is 6. The Hall–Kier alpha value is -3.76. The highest BCUT2D eigenvalue weighted by molar-refractivity contribution is 6.80. The van der Waals surface area contributed by atoms with Crippen LogP contribution in [-0.4, -0.2) is 111 Å². The first-order valence-corrected chi connectivity index (χ1v) is 19.7. The molecule has 0 rings (SSSR count). The highest BCUT2D eigenvalue weighted by Crippen LogP contribution is 2.44. The lowest BCUT2D eigenvalue weighted by Gasteiger charge is -2.40. The van der Waals surface area contributed by atoms with Gasteiger partial charge in [-0.05, 0) is 62.8 Å². The van der Waals surface area contributed by atoms with Crippen LogP contribution in [0.3, 0.4) is 0 Å². The summed E-state index contributed by atoms with van der Waals surface area (Å²) in [6, 6.07) is -1.04. The maximum absolute atomic E-state index is 12.2. The molecule has 278 valence electrons. The Bertz CT molecular complexity index is 936. The molecule has 6 amide bonds. The van der Waals surface area contributed by atoms with Gasteiger partial charge in [-0.3, -0.25) is 0 Å². The molecule has 0 bridgehead atoms. The highest BCUT2D eigenvalue weighted by Gasteiger charge is 2.37. The summed E-state index contributed by atoms with van der Waals surface area (Å²) < 4.78 is 18.5. The van der Waals surface area contributed by atoms with Crippen molar-refractivity contribution in [3.63, 3.8) is 0 Å². The Labute approximate surface area is 286 Å². The number of hydrogen-bond acceptors (Lipinski definition) is 10. The van der Waals surface area contributed by atoms with Crippen LogP contribution in [0.15, 0.2) is 0 Å². The summed E-state index contributed by atoms with van der Waals surface area (Å²) in [4.78, 5) is 70.8. The lowest BCUT2D eigenvalue weighted by molar-refractivity contribution is -0.144. The van der Waals surface area contributed by atoms with Gasteiger partial charge >= 0.3 is 36.2 Å². The molecule has 2 unspecified atom stereocenters. The van der Waals surface area contributed by atoms with Gasteiger partial charge in [-0.1, -0.05) is 33.0 Å². The van der Waals surface area contributed by atoms with E-state index in [2.05, 4.69) is 68.3 Å². The van der Waals surface area contributed by atoms with Crippen molar-refractivity contribution >= 4 is 44.3 Å². The molecule has 0 aromatic carbocycles. The number of esters is 2. The van der Waals surface area contributed by atoms with Crippen molar-refractivity contribution in [3.8, 4) is 0 Å². The standard InChI is InChI=1S/C31H60N6O10Si/c1-31(2,17-13-20-34-27(40)32-18-11-9-15-23(25(38)44-3)36-29(42)46-5)48(7,8)22-14-21-35-28(41)33-19-12-10-16-24(26(39)45-4)37-30(43)47-6/h23-24H,9-22H2,1-8H3,(H,36,42)(H,37,43)(H2,32,34,40)(H2,33,35,41). The fourth-order valence-corrected chi connectivity index (χ4v) is 7.39. The first kappa shape index (κ1) is 44.2. The van der Waals surface area contributed by atoms with Crippen LogP contribution in [0.25, 0.3) is 0 Å². The number of urea groups is 2. The Morgan fingerprint density at radius 2 is 0.938 bits per heavy atom. The lowest BCUT2D eigenvalue weighted by Crippen LogP contribution is -2.42. The number of alkyl carbamates (subject to hydrolysis) is 2. The minimum absolute atomic E-state index is 0.132. The van der Waals surface area contributed by atoms with E-state index in [1.165, 1.54) is 28.4 Å². The first-order chi connectivity index (χ1) is 22.6. The maximum atomic E-state index is 12.2. The molecule has 6 N–H and O–H groups in total. The van der Waals surface area contributed by atoms with Crippen molar-refractivity contribution in [2.75, 3.05) is 54.6 Å². The molecule has 0 aliphatic rings. The van der Waals surface area contributed by atoms with E-state index in [4.69, 9.17) is 9.47 Å². The Kier molecular flexibility index (Phi) is 22.5. The normalized spacial score (nSPS) is 12.4. The van der Waals surface area contributed by atoms with Gasteiger partial charge in [0.15, 0.2) is 0 Å². The molecule has 2 atom stereocenters. The molecule has 0 aromatic heterocycles. The van der Waals surface area contributed by atoms with Gasteiger partial charge in [0, 0.05) is 26.2 Å². The van der Waals surface area contributed by atoms with Crippen molar-refractivity contribution in [1.82, 2.24) is 31.9 Å². The molecule has 0 spiro atoms. The van der Waals surface area contributed by atoms with E-state index in [-0.39, 0.29) is 17.1 Å². The molecular weight excluding hydrogens is 644 g/mol. The minimum Gasteiger partial charge on any atom is -0.467 e. The number of ether oxygens (including phenoxy) is 4. The van der Waals surface area contributed by atoms with Crippen LogP contribution >= 0.6 is 0 Å². The Morgan fingerprint density at radius 3 is 1.31 bits per heavy atom. The van der Waals surface area contributed by atoms with Gasteiger partial charge in [-0.2, -0.15) is 0 Å². The highest BCUT2D eigenvalue weighted by atomic mass is 28.3. The van der Waals surface area contributed by atoms with E-state index < -0.39 is 44.3 Å². The van der Waals surface area contributed by atoms with Gasteiger partial charge in [-0.25, -0.2) is 28.8 Å². The van der Waals surface area contributed by atoms with E-state index in [1.807, 2.05) is 0 Å². The summed E-state index contributed by atoms with van der Waals surface area (Å²) in [5.74, 6) is -1.10. The van der Waals surface area contributed by atoms with Crippen LogP contribution in [-0.2, 0) is 28.5 Å². The second kappa shape index (κ2) is 24.4.